The molecule has 0 saturated heterocycles. The van der Waals surface area contributed by atoms with Gasteiger partial charge in [0.2, 0.25) is 11.9 Å². The lowest BCUT2D eigenvalue weighted by Gasteiger charge is -2.11. The van der Waals surface area contributed by atoms with E-state index < -0.39 is 0 Å². The van der Waals surface area contributed by atoms with Crippen molar-refractivity contribution >= 4 is 29.3 Å². The number of aryl methyl sites for hydroxylation is 1. The zero-order valence-electron chi connectivity index (χ0n) is 15.7. The maximum absolute atomic E-state index is 13.1. The standard InChI is InChI=1S/C20H18FN7S/c1-11-14-3-2-4-16(14)25-18(15(11)9-22)29-10-17-26-19(23)28-20(27-17)24-13-7-5-12(21)6-8-13/h5-8H,2-4,10H2,1H3,(H3,23,24,26,27,28). The molecule has 9 heteroatoms. The number of aromatic nitrogens is 4. The first kappa shape index (κ1) is 19.1. The summed E-state index contributed by atoms with van der Waals surface area (Å²) in [6, 6.07) is 8.14. The molecule has 3 N–H and O–H groups in total. The van der Waals surface area contributed by atoms with E-state index in [9.17, 15) is 9.65 Å². The second kappa shape index (κ2) is 8.01. The van der Waals surface area contributed by atoms with Gasteiger partial charge in [-0.25, -0.2) is 9.37 Å². The van der Waals surface area contributed by atoms with E-state index in [0.717, 1.165) is 30.5 Å². The van der Waals surface area contributed by atoms with E-state index in [1.165, 1.54) is 29.5 Å². The number of anilines is 3. The van der Waals surface area contributed by atoms with Crippen molar-refractivity contribution in [2.75, 3.05) is 11.1 Å². The van der Waals surface area contributed by atoms with Crippen LogP contribution in [0.5, 0.6) is 0 Å². The predicted octanol–water partition coefficient (Wildman–Crippen LogP) is 3.69. The molecular weight excluding hydrogens is 389 g/mol. The Morgan fingerprint density at radius 2 is 1.97 bits per heavy atom. The summed E-state index contributed by atoms with van der Waals surface area (Å²) in [5, 5.41) is 13.3. The Morgan fingerprint density at radius 1 is 1.17 bits per heavy atom. The summed E-state index contributed by atoms with van der Waals surface area (Å²) >= 11 is 1.41. The summed E-state index contributed by atoms with van der Waals surface area (Å²) in [4.78, 5) is 17.3. The lowest BCUT2D eigenvalue weighted by atomic mass is 10.0. The highest BCUT2D eigenvalue weighted by Gasteiger charge is 2.21. The van der Waals surface area contributed by atoms with Crippen molar-refractivity contribution in [3.05, 3.63) is 58.3 Å². The van der Waals surface area contributed by atoms with Crippen LogP contribution in [-0.2, 0) is 18.6 Å². The van der Waals surface area contributed by atoms with E-state index in [-0.39, 0.29) is 17.7 Å². The smallest absolute Gasteiger partial charge is 0.232 e. The molecule has 1 aliphatic rings. The number of halogens is 1. The SMILES string of the molecule is Cc1c(C#N)c(SCc2nc(N)nc(Nc3ccc(F)cc3)n2)nc2c1CCC2. The molecule has 1 aliphatic carbocycles. The molecule has 0 fully saturated rings. The maximum Gasteiger partial charge on any atom is 0.232 e. The van der Waals surface area contributed by atoms with Gasteiger partial charge in [0, 0.05) is 11.4 Å². The van der Waals surface area contributed by atoms with Crippen molar-refractivity contribution in [3.63, 3.8) is 0 Å². The monoisotopic (exact) mass is 407 g/mol. The summed E-state index contributed by atoms with van der Waals surface area (Å²) < 4.78 is 13.1. The van der Waals surface area contributed by atoms with Crippen LogP contribution in [0.2, 0.25) is 0 Å². The highest BCUT2D eigenvalue weighted by molar-refractivity contribution is 7.98. The van der Waals surface area contributed by atoms with Crippen LogP contribution in [0.3, 0.4) is 0 Å². The second-order valence-electron chi connectivity index (χ2n) is 6.66. The number of pyridine rings is 1. The maximum atomic E-state index is 13.1. The predicted molar refractivity (Wildman–Crippen MR) is 109 cm³/mol. The molecule has 0 spiro atoms. The Hall–Kier alpha value is -3.25. The van der Waals surface area contributed by atoms with Gasteiger partial charge in [-0.15, -0.1) is 0 Å². The van der Waals surface area contributed by atoms with Gasteiger partial charge in [-0.2, -0.15) is 20.2 Å². The number of nitrogens with two attached hydrogens (primary N) is 1. The number of nitrogen functional groups attached to an aromatic ring is 1. The lowest BCUT2D eigenvalue weighted by Crippen LogP contribution is -2.07. The van der Waals surface area contributed by atoms with Crippen molar-refractivity contribution in [2.45, 2.75) is 37.0 Å². The van der Waals surface area contributed by atoms with Crippen molar-refractivity contribution in [1.82, 2.24) is 19.9 Å². The van der Waals surface area contributed by atoms with Gasteiger partial charge in [-0.1, -0.05) is 11.8 Å². The average Bonchev–Trinajstić information content (AvgIpc) is 3.17. The molecule has 2 heterocycles. The number of rotatable bonds is 5. The van der Waals surface area contributed by atoms with E-state index in [4.69, 9.17) is 10.7 Å². The molecule has 0 atom stereocenters. The van der Waals surface area contributed by atoms with Crippen molar-refractivity contribution in [1.29, 1.82) is 5.26 Å². The van der Waals surface area contributed by atoms with Gasteiger partial charge in [0.25, 0.3) is 0 Å². The third-order valence-corrected chi connectivity index (χ3v) is 5.69. The fourth-order valence-electron chi connectivity index (χ4n) is 3.33. The van der Waals surface area contributed by atoms with Crippen molar-refractivity contribution in [3.8, 4) is 6.07 Å². The topological polar surface area (TPSA) is 113 Å². The van der Waals surface area contributed by atoms with E-state index in [1.807, 2.05) is 6.92 Å². The van der Waals surface area contributed by atoms with Crippen LogP contribution in [0, 0.1) is 24.1 Å². The Bertz CT molecular complexity index is 1110. The van der Waals surface area contributed by atoms with Crippen LogP contribution < -0.4 is 11.1 Å². The van der Waals surface area contributed by atoms with Crippen molar-refractivity contribution < 1.29 is 4.39 Å². The van der Waals surface area contributed by atoms with E-state index in [0.29, 0.717) is 27.9 Å². The van der Waals surface area contributed by atoms with Gasteiger partial charge in [0.05, 0.1) is 11.3 Å². The number of hydrogen-bond acceptors (Lipinski definition) is 8. The fraction of sp³-hybridized carbons (Fsp3) is 0.250. The normalized spacial score (nSPS) is 12.4. The molecule has 4 rings (SSSR count). The number of fused-ring (bicyclic) bond motifs is 1. The highest BCUT2D eigenvalue weighted by Crippen LogP contribution is 2.32. The van der Waals surface area contributed by atoms with Crippen LogP contribution in [0.1, 0.15) is 34.6 Å². The molecule has 29 heavy (non-hydrogen) atoms. The van der Waals surface area contributed by atoms with Gasteiger partial charge >= 0.3 is 0 Å². The minimum absolute atomic E-state index is 0.0822. The molecule has 0 saturated carbocycles. The summed E-state index contributed by atoms with van der Waals surface area (Å²) in [7, 11) is 0. The largest absolute Gasteiger partial charge is 0.368 e. The van der Waals surface area contributed by atoms with Crippen LogP contribution in [0.25, 0.3) is 0 Å². The first-order valence-electron chi connectivity index (χ1n) is 9.11. The van der Waals surface area contributed by atoms with Gasteiger partial charge in [0.15, 0.2) is 0 Å². The molecular formula is C20H18FN7S. The van der Waals surface area contributed by atoms with Gasteiger partial charge in [0.1, 0.15) is 22.7 Å². The Balaban J connectivity index is 1.55. The van der Waals surface area contributed by atoms with Crippen LogP contribution in [0.4, 0.5) is 22.0 Å². The molecule has 0 bridgehead atoms. The minimum Gasteiger partial charge on any atom is -0.368 e. The minimum atomic E-state index is -0.326. The Kier molecular flexibility index (Phi) is 5.27. The first-order chi connectivity index (χ1) is 14.0. The number of nitrogens with one attached hydrogen (secondary N) is 1. The highest BCUT2D eigenvalue weighted by atomic mass is 32.2. The molecule has 3 aromatic rings. The first-order valence-corrected chi connectivity index (χ1v) is 10.1. The van der Waals surface area contributed by atoms with Gasteiger partial charge in [-0.05, 0) is 61.6 Å². The summed E-state index contributed by atoms with van der Waals surface area (Å²) in [6.45, 7) is 1.99. The molecule has 2 aromatic heterocycles. The summed E-state index contributed by atoms with van der Waals surface area (Å²) in [6.07, 6.45) is 3.00. The molecule has 7 nitrogen and oxygen atoms in total. The van der Waals surface area contributed by atoms with E-state index in [1.54, 1.807) is 12.1 Å². The third kappa shape index (κ3) is 4.12. The van der Waals surface area contributed by atoms with Crippen molar-refractivity contribution in [2.24, 2.45) is 0 Å². The summed E-state index contributed by atoms with van der Waals surface area (Å²) in [5.74, 6) is 0.895. The number of nitrogens with zero attached hydrogens (tertiary/aromatic N) is 5. The zero-order chi connectivity index (χ0) is 20.4. The molecule has 0 amide bonds. The molecule has 0 aliphatic heterocycles. The van der Waals surface area contributed by atoms with Crippen LogP contribution in [0.15, 0.2) is 29.3 Å². The number of thioether (sulfide) groups is 1. The van der Waals surface area contributed by atoms with Crippen LogP contribution >= 0.6 is 11.8 Å². The zero-order valence-corrected chi connectivity index (χ0v) is 16.6. The molecule has 0 unspecified atom stereocenters. The fourth-order valence-corrected chi connectivity index (χ4v) is 4.25. The third-order valence-electron chi connectivity index (χ3n) is 4.72. The second-order valence-corrected chi connectivity index (χ2v) is 7.63. The Labute approximate surface area is 171 Å². The van der Waals surface area contributed by atoms with Gasteiger partial charge < -0.3 is 11.1 Å². The average molecular weight is 407 g/mol. The van der Waals surface area contributed by atoms with E-state index >= 15 is 0 Å². The molecule has 146 valence electrons. The Morgan fingerprint density at radius 3 is 2.72 bits per heavy atom. The number of hydrogen-bond donors (Lipinski definition) is 2. The molecule has 1 aromatic carbocycles. The summed E-state index contributed by atoms with van der Waals surface area (Å²) in [5.41, 5.74) is 10.4. The van der Waals surface area contributed by atoms with Gasteiger partial charge in [-0.3, -0.25) is 0 Å². The molecule has 0 radical (unpaired) electrons. The quantitative estimate of drug-likeness (QED) is 0.616. The van der Waals surface area contributed by atoms with E-state index in [2.05, 4.69) is 26.3 Å². The number of nitriles is 1. The lowest BCUT2D eigenvalue weighted by molar-refractivity contribution is 0.628. The number of benzene rings is 1. The van der Waals surface area contributed by atoms with Crippen LogP contribution in [-0.4, -0.2) is 19.9 Å².